The third kappa shape index (κ3) is 1.86. The van der Waals surface area contributed by atoms with Crippen molar-refractivity contribution in [3.05, 3.63) is 68.0 Å². The van der Waals surface area contributed by atoms with Crippen LogP contribution in [0.3, 0.4) is 0 Å². The van der Waals surface area contributed by atoms with Crippen molar-refractivity contribution >= 4 is 0 Å². The zero-order valence-electron chi connectivity index (χ0n) is 10.8. The molecule has 1 aromatic heterocycles. The Labute approximate surface area is 114 Å². The van der Waals surface area contributed by atoms with Gasteiger partial charge in [-0.2, -0.15) is 5.26 Å². The molecule has 3 rings (SSSR count). The van der Waals surface area contributed by atoms with Crippen LogP contribution in [0.5, 0.6) is 0 Å². The number of aryl methyl sites for hydroxylation is 1. The van der Waals surface area contributed by atoms with E-state index in [-0.39, 0.29) is 5.56 Å². The van der Waals surface area contributed by atoms with Crippen LogP contribution in [-0.4, -0.2) is 9.97 Å². The smallest absolute Gasteiger partial charge is 0.311 e. The van der Waals surface area contributed by atoms with Crippen molar-refractivity contribution in [3.8, 4) is 6.07 Å². The predicted octanol–water partition coefficient (Wildman–Crippen LogP) is 1.01. The van der Waals surface area contributed by atoms with Crippen LogP contribution in [0.2, 0.25) is 0 Å². The average Bonchev–Trinajstić information content (AvgIpc) is 2.48. The van der Waals surface area contributed by atoms with E-state index in [0.29, 0.717) is 30.5 Å². The van der Waals surface area contributed by atoms with E-state index in [2.05, 4.69) is 16.0 Å². The molecule has 1 atom stereocenters. The van der Waals surface area contributed by atoms with Crippen LogP contribution in [-0.2, 0) is 18.3 Å². The standard InChI is InChI=1S/C15H13N3O2/c16-9-15(10-4-2-1-3-5-10)7-6-12-11(8-15)13(19)18-14(20)17-12/h1-5H,6-8H2,(H2,17,18,19,20). The molecule has 2 aromatic rings. The lowest BCUT2D eigenvalue weighted by atomic mass is 9.70. The molecule has 0 aliphatic heterocycles. The van der Waals surface area contributed by atoms with Gasteiger partial charge in [-0.25, -0.2) is 4.79 Å². The highest BCUT2D eigenvalue weighted by atomic mass is 16.2. The van der Waals surface area contributed by atoms with Gasteiger partial charge >= 0.3 is 5.69 Å². The summed E-state index contributed by atoms with van der Waals surface area (Å²) in [6, 6.07) is 11.9. The van der Waals surface area contributed by atoms with Crippen LogP contribution < -0.4 is 11.2 Å². The topological polar surface area (TPSA) is 89.5 Å². The minimum atomic E-state index is -0.695. The van der Waals surface area contributed by atoms with E-state index < -0.39 is 11.1 Å². The summed E-state index contributed by atoms with van der Waals surface area (Å²) in [6.07, 6.45) is 1.45. The summed E-state index contributed by atoms with van der Waals surface area (Å²) in [5.74, 6) is 0. The molecule has 1 aliphatic rings. The van der Waals surface area contributed by atoms with Crippen LogP contribution in [0.25, 0.3) is 0 Å². The van der Waals surface area contributed by atoms with Crippen LogP contribution in [0.4, 0.5) is 0 Å². The third-order valence-electron chi connectivity index (χ3n) is 3.95. The van der Waals surface area contributed by atoms with Crippen molar-refractivity contribution in [2.24, 2.45) is 0 Å². The number of fused-ring (bicyclic) bond motifs is 1. The quantitative estimate of drug-likeness (QED) is 0.808. The lowest BCUT2D eigenvalue weighted by Crippen LogP contribution is -2.39. The number of hydrogen-bond donors (Lipinski definition) is 2. The molecule has 1 aliphatic carbocycles. The summed E-state index contributed by atoms with van der Waals surface area (Å²) in [6.45, 7) is 0. The fourth-order valence-electron chi connectivity index (χ4n) is 2.85. The molecule has 0 spiro atoms. The third-order valence-corrected chi connectivity index (χ3v) is 3.95. The monoisotopic (exact) mass is 267 g/mol. The first-order valence-corrected chi connectivity index (χ1v) is 6.46. The van der Waals surface area contributed by atoms with Gasteiger partial charge in [0.05, 0.1) is 11.5 Å². The number of aromatic nitrogens is 2. The molecule has 0 amide bonds. The molecule has 100 valence electrons. The number of rotatable bonds is 1. The van der Waals surface area contributed by atoms with Crippen molar-refractivity contribution in [2.75, 3.05) is 0 Å². The average molecular weight is 267 g/mol. The number of nitrogens with zero attached hydrogens (tertiary/aromatic N) is 1. The van der Waals surface area contributed by atoms with E-state index in [1.54, 1.807) is 0 Å². The number of nitriles is 1. The van der Waals surface area contributed by atoms with Gasteiger partial charge in [0.15, 0.2) is 0 Å². The van der Waals surface area contributed by atoms with Crippen molar-refractivity contribution in [2.45, 2.75) is 24.7 Å². The van der Waals surface area contributed by atoms with E-state index in [4.69, 9.17) is 0 Å². The minimum absolute atomic E-state index is 0.328. The number of aromatic amines is 2. The van der Waals surface area contributed by atoms with Crippen molar-refractivity contribution < 1.29 is 0 Å². The van der Waals surface area contributed by atoms with Gasteiger partial charge in [0.25, 0.3) is 5.56 Å². The maximum absolute atomic E-state index is 11.9. The number of H-pyrrole nitrogens is 2. The van der Waals surface area contributed by atoms with E-state index in [0.717, 1.165) is 5.56 Å². The predicted molar refractivity (Wildman–Crippen MR) is 73.4 cm³/mol. The van der Waals surface area contributed by atoms with Gasteiger partial charge < -0.3 is 4.98 Å². The molecule has 5 nitrogen and oxygen atoms in total. The van der Waals surface area contributed by atoms with Crippen LogP contribution in [0, 0.1) is 11.3 Å². The molecule has 0 fully saturated rings. The molecule has 0 saturated carbocycles. The Hall–Kier alpha value is -2.61. The summed E-state index contributed by atoms with van der Waals surface area (Å²) in [4.78, 5) is 28.1. The van der Waals surface area contributed by atoms with Gasteiger partial charge in [-0.05, 0) is 18.4 Å². The Morgan fingerprint density at radius 1 is 1.15 bits per heavy atom. The van der Waals surface area contributed by atoms with E-state index in [1.807, 2.05) is 30.3 Å². The lowest BCUT2D eigenvalue weighted by molar-refractivity contribution is 0.461. The Kier molecular flexibility index (Phi) is 2.79. The normalized spacial score (nSPS) is 20.9. The lowest BCUT2D eigenvalue weighted by Gasteiger charge is -2.31. The summed E-state index contributed by atoms with van der Waals surface area (Å²) in [5, 5.41) is 9.63. The Morgan fingerprint density at radius 2 is 1.90 bits per heavy atom. The summed E-state index contributed by atoms with van der Waals surface area (Å²) in [5.41, 5.74) is 0.511. The Morgan fingerprint density at radius 3 is 2.60 bits per heavy atom. The first kappa shape index (κ1) is 12.4. The van der Waals surface area contributed by atoms with E-state index in [1.165, 1.54) is 0 Å². The molecule has 0 bridgehead atoms. The fourth-order valence-corrected chi connectivity index (χ4v) is 2.85. The Bertz CT molecular complexity index is 798. The second-order valence-corrected chi connectivity index (χ2v) is 5.10. The van der Waals surface area contributed by atoms with Gasteiger partial charge in [0, 0.05) is 17.7 Å². The largest absolute Gasteiger partial charge is 0.325 e. The molecule has 1 aromatic carbocycles. The summed E-state index contributed by atoms with van der Waals surface area (Å²) >= 11 is 0. The van der Waals surface area contributed by atoms with Gasteiger partial charge in [-0.15, -0.1) is 0 Å². The molecule has 0 saturated heterocycles. The maximum Gasteiger partial charge on any atom is 0.325 e. The highest BCUT2D eigenvalue weighted by Gasteiger charge is 2.37. The molecule has 1 unspecified atom stereocenters. The summed E-state index contributed by atoms with van der Waals surface area (Å²) in [7, 11) is 0. The van der Waals surface area contributed by atoms with Crippen molar-refractivity contribution in [3.63, 3.8) is 0 Å². The zero-order valence-corrected chi connectivity index (χ0v) is 10.8. The minimum Gasteiger partial charge on any atom is -0.311 e. The number of benzene rings is 1. The second kappa shape index (κ2) is 4.49. The van der Waals surface area contributed by atoms with Gasteiger partial charge in [-0.1, -0.05) is 30.3 Å². The van der Waals surface area contributed by atoms with Gasteiger partial charge in [0.1, 0.15) is 0 Å². The van der Waals surface area contributed by atoms with Crippen LogP contribution in [0.15, 0.2) is 39.9 Å². The van der Waals surface area contributed by atoms with Crippen LogP contribution in [0.1, 0.15) is 23.2 Å². The molecular weight excluding hydrogens is 254 g/mol. The fraction of sp³-hybridized carbons (Fsp3) is 0.267. The maximum atomic E-state index is 11.9. The van der Waals surface area contributed by atoms with Crippen molar-refractivity contribution in [1.82, 2.24) is 9.97 Å². The number of hydrogen-bond acceptors (Lipinski definition) is 3. The highest BCUT2D eigenvalue weighted by Crippen LogP contribution is 2.36. The zero-order chi connectivity index (χ0) is 14.2. The first-order valence-electron chi connectivity index (χ1n) is 6.46. The molecule has 20 heavy (non-hydrogen) atoms. The second-order valence-electron chi connectivity index (χ2n) is 5.10. The van der Waals surface area contributed by atoms with Crippen molar-refractivity contribution in [1.29, 1.82) is 5.26 Å². The van der Waals surface area contributed by atoms with Gasteiger partial charge in [-0.3, -0.25) is 9.78 Å². The van der Waals surface area contributed by atoms with Gasteiger partial charge in [0.2, 0.25) is 0 Å². The first-order chi connectivity index (χ1) is 9.64. The molecular formula is C15H13N3O2. The Balaban J connectivity index is 2.13. The summed E-state index contributed by atoms with van der Waals surface area (Å²) < 4.78 is 0. The number of nitrogens with one attached hydrogen (secondary N) is 2. The SMILES string of the molecule is N#CC1(c2ccccc2)CCc2[nH]c(=O)[nH]c(=O)c2C1. The van der Waals surface area contributed by atoms with Crippen LogP contribution >= 0.6 is 0 Å². The molecule has 0 radical (unpaired) electrons. The molecule has 5 heteroatoms. The molecule has 2 N–H and O–H groups in total. The van der Waals surface area contributed by atoms with E-state index in [9.17, 15) is 14.9 Å². The molecule has 1 heterocycles. The highest BCUT2D eigenvalue weighted by molar-refractivity contribution is 5.39. The van der Waals surface area contributed by atoms with E-state index >= 15 is 0 Å².